The molecule has 0 aliphatic carbocycles. The van der Waals surface area contributed by atoms with E-state index in [1.807, 2.05) is 10.6 Å². The number of hydrogen-bond donors (Lipinski definition) is 0. The Morgan fingerprint density at radius 2 is 2.40 bits per heavy atom. The zero-order valence-corrected chi connectivity index (χ0v) is 5.73. The molecule has 0 atom stereocenters. The Bertz CT molecular complexity index is 332. The lowest BCUT2D eigenvalue weighted by molar-refractivity contribution is 0.787. The summed E-state index contributed by atoms with van der Waals surface area (Å²) in [6.45, 7) is 3.02. The molecule has 0 radical (unpaired) electrons. The first-order valence-electron chi connectivity index (χ1n) is 3.27. The van der Waals surface area contributed by atoms with Crippen molar-refractivity contribution in [1.29, 1.82) is 0 Å². The summed E-state index contributed by atoms with van der Waals surface area (Å²) in [6.07, 6.45) is 3.52. The van der Waals surface area contributed by atoms with Gasteiger partial charge in [-0.1, -0.05) is 0 Å². The highest BCUT2D eigenvalue weighted by Gasteiger charge is 1.97. The van der Waals surface area contributed by atoms with E-state index >= 15 is 0 Å². The van der Waals surface area contributed by atoms with Crippen LogP contribution in [0.2, 0.25) is 0 Å². The molecule has 0 aliphatic rings. The molecule has 0 aromatic carbocycles. The van der Waals surface area contributed by atoms with Crippen LogP contribution in [0.15, 0.2) is 18.6 Å². The molecule has 0 unspecified atom stereocenters. The smallest absolute Gasteiger partial charge is 0.157 e. The maximum absolute atomic E-state index is 4.02. The second-order valence-corrected chi connectivity index (χ2v) is 2.10. The molecule has 2 rings (SSSR count). The second-order valence-electron chi connectivity index (χ2n) is 2.10. The van der Waals surface area contributed by atoms with Crippen LogP contribution in [0.25, 0.3) is 5.65 Å². The number of fused-ring (bicyclic) bond motifs is 1. The fourth-order valence-electron chi connectivity index (χ4n) is 1.00. The number of aryl methyl sites for hydroxylation is 1. The molecule has 0 saturated heterocycles. The molecule has 0 spiro atoms. The minimum absolute atomic E-state index is 0.940. The molecule has 2 aromatic rings. The van der Waals surface area contributed by atoms with Gasteiger partial charge >= 0.3 is 0 Å². The van der Waals surface area contributed by atoms with Gasteiger partial charge in [0.05, 0.1) is 6.20 Å². The average molecular weight is 136 g/mol. The molecule has 0 N–H and O–H groups in total. The van der Waals surface area contributed by atoms with Crippen LogP contribution in [0.3, 0.4) is 0 Å². The zero-order valence-electron chi connectivity index (χ0n) is 5.73. The van der Waals surface area contributed by atoms with E-state index < -0.39 is 0 Å². The van der Waals surface area contributed by atoms with Crippen LogP contribution >= 0.6 is 0 Å². The van der Waals surface area contributed by atoms with Crippen LogP contribution in [0, 0.1) is 0 Å². The van der Waals surface area contributed by atoms with E-state index in [0.29, 0.717) is 0 Å². The lowest BCUT2D eigenvalue weighted by atomic mass is 10.6. The summed E-state index contributed by atoms with van der Waals surface area (Å²) in [6, 6.07) is 1.94. The third-order valence-corrected chi connectivity index (χ3v) is 1.54. The van der Waals surface area contributed by atoms with E-state index in [-0.39, 0.29) is 0 Å². The van der Waals surface area contributed by atoms with Crippen molar-refractivity contribution >= 4 is 5.65 Å². The Morgan fingerprint density at radius 1 is 1.50 bits per heavy atom. The fraction of sp³-hybridized carbons (Fsp3) is 0.333. The Labute approximate surface area is 58.1 Å². The van der Waals surface area contributed by atoms with Crippen LogP contribution in [0.1, 0.15) is 6.92 Å². The molecule has 0 amide bonds. The maximum Gasteiger partial charge on any atom is 0.157 e. The van der Waals surface area contributed by atoms with Gasteiger partial charge in [-0.05, 0) is 6.92 Å². The minimum Gasteiger partial charge on any atom is -0.314 e. The first kappa shape index (κ1) is 5.46. The van der Waals surface area contributed by atoms with Gasteiger partial charge in [0.25, 0.3) is 0 Å². The van der Waals surface area contributed by atoms with Crippen molar-refractivity contribution in [3.05, 3.63) is 18.6 Å². The Morgan fingerprint density at radius 3 is 3.20 bits per heavy atom. The number of nitrogens with zero attached hydrogens (tertiary/aromatic N) is 4. The predicted octanol–water partition coefficient (Wildman–Crippen LogP) is 0.551. The third kappa shape index (κ3) is 0.556. The van der Waals surface area contributed by atoms with Gasteiger partial charge in [0.2, 0.25) is 0 Å². The van der Waals surface area contributed by atoms with Crippen molar-refractivity contribution in [3.8, 4) is 0 Å². The molecular weight excluding hydrogens is 128 g/mol. The number of hydrogen-bond acceptors (Lipinski definition) is 2. The van der Waals surface area contributed by atoms with E-state index in [1.54, 1.807) is 17.2 Å². The molecule has 0 aliphatic heterocycles. The summed E-state index contributed by atoms with van der Waals surface area (Å²) < 4.78 is 3.65. The van der Waals surface area contributed by atoms with Crippen LogP contribution < -0.4 is 0 Å². The predicted molar refractivity (Wildman–Crippen MR) is 36.7 cm³/mol. The van der Waals surface area contributed by atoms with Gasteiger partial charge in [-0.2, -0.15) is 5.10 Å². The van der Waals surface area contributed by atoms with Gasteiger partial charge in [0, 0.05) is 12.6 Å². The largest absolute Gasteiger partial charge is 0.314 e. The summed E-state index contributed by atoms with van der Waals surface area (Å²) >= 11 is 0. The summed E-state index contributed by atoms with van der Waals surface area (Å²) in [7, 11) is 0. The van der Waals surface area contributed by atoms with Gasteiger partial charge in [-0.25, -0.2) is 0 Å². The van der Waals surface area contributed by atoms with Gasteiger partial charge in [0.15, 0.2) is 5.65 Å². The van der Waals surface area contributed by atoms with E-state index in [2.05, 4.69) is 17.1 Å². The molecule has 10 heavy (non-hydrogen) atoms. The molecule has 0 fully saturated rings. The highest BCUT2D eigenvalue weighted by molar-refractivity contribution is 5.35. The molecule has 4 heteroatoms. The summed E-state index contributed by atoms with van der Waals surface area (Å²) in [5, 5.41) is 7.99. The van der Waals surface area contributed by atoms with Crippen molar-refractivity contribution in [2.45, 2.75) is 13.5 Å². The van der Waals surface area contributed by atoms with E-state index in [9.17, 15) is 0 Å². The topological polar surface area (TPSA) is 35.1 Å². The molecule has 2 heterocycles. The number of aromatic nitrogens is 4. The van der Waals surface area contributed by atoms with Crippen molar-refractivity contribution in [1.82, 2.24) is 19.4 Å². The van der Waals surface area contributed by atoms with E-state index in [0.717, 1.165) is 12.2 Å². The summed E-state index contributed by atoms with van der Waals surface area (Å²) in [4.78, 5) is 0. The van der Waals surface area contributed by atoms with E-state index in [4.69, 9.17) is 0 Å². The van der Waals surface area contributed by atoms with Crippen molar-refractivity contribution in [3.63, 3.8) is 0 Å². The van der Waals surface area contributed by atoms with Crippen LogP contribution in [-0.4, -0.2) is 19.4 Å². The zero-order chi connectivity index (χ0) is 6.97. The van der Waals surface area contributed by atoms with Crippen molar-refractivity contribution in [2.75, 3.05) is 0 Å². The normalized spacial score (nSPS) is 10.9. The highest BCUT2D eigenvalue weighted by Crippen LogP contribution is 1.99. The van der Waals surface area contributed by atoms with Crippen molar-refractivity contribution in [2.24, 2.45) is 0 Å². The van der Waals surface area contributed by atoms with Crippen LogP contribution in [0.5, 0.6) is 0 Å². The van der Waals surface area contributed by atoms with Gasteiger partial charge in [-0.15, -0.1) is 9.73 Å². The van der Waals surface area contributed by atoms with Crippen molar-refractivity contribution < 1.29 is 0 Å². The standard InChI is InChI=1S/C6H8N4/c1-2-9-5-8-10-6(9)3-4-7-10/h3-5H,2H2,1H3. The van der Waals surface area contributed by atoms with E-state index in [1.165, 1.54) is 0 Å². The Hall–Kier alpha value is -1.32. The first-order valence-corrected chi connectivity index (χ1v) is 3.27. The Balaban J connectivity index is 2.76. The average Bonchev–Trinajstić information content (AvgIpc) is 2.44. The molecular formula is C6H8N4. The van der Waals surface area contributed by atoms with Gasteiger partial charge < -0.3 is 4.57 Å². The second kappa shape index (κ2) is 1.83. The minimum atomic E-state index is 0.940. The molecule has 2 aromatic heterocycles. The quantitative estimate of drug-likeness (QED) is 0.574. The lowest BCUT2D eigenvalue weighted by Gasteiger charge is -1.91. The first-order chi connectivity index (χ1) is 4.92. The van der Waals surface area contributed by atoms with Gasteiger partial charge in [0.1, 0.15) is 6.33 Å². The van der Waals surface area contributed by atoms with Crippen LogP contribution in [-0.2, 0) is 6.54 Å². The maximum atomic E-state index is 4.02. The molecule has 52 valence electrons. The Kier molecular flexibility index (Phi) is 1.00. The highest BCUT2D eigenvalue weighted by atomic mass is 15.5. The fourth-order valence-corrected chi connectivity index (χ4v) is 1.00. The SMILES string of the molecule is CCn1cnn2nccc12. The monoisotopic (exact) mass is 136 g/mol. The van der Waals surface area contributed by atoms with Crippen LogP contribution in [0.4, 0.5) is 0 Å². The lowest BCUT2D eigenvalue weighted by Crippen LogP contribution is -1.90. The summed E-state index contributed by atoms with van der Waals surface area (Å²) in [5.41, 5.74) is 1.04. The van der Waals surface area contributed by atoms with Gasteiger partial charge in [-0.3, -0.25) is 0 Å². The molecule has 4 nitrogen and oxygen atoms in total. The summed E-state index contributed by atoms with van der Waals surface area (Å²) in [5.74, 6) is 0. The third-order valence-electron chi connectivity index (χ3n) is 1.54. The molecule has 0 bridgehead atoms. The molecule has 0 saturated carbocycles. The number of rotatable bonds is 1.